The normalized spacial score (nSPS) is 38.7. The Morgan fingerprint density at radius 3 is 1.51 bits per heavy atom. The van der Waals surface area contributed by atoms with Crippen molar-refractivity contribution in [2.45, 2.75) is 249 Å². The number of aliphatic hydroxyl groups excluding tert-OH is 1. The van der Waals surface area contributed by atoms with E-state index in [1.807, 2.05) is 31.2 Å². The maximum Gasteiger partial charge on any atom is 0.181 e. The molecule has 1 aliphatic heterocycles. The second kappa shape index (κ2) is 25.5. The van der Waals surface area contributed by atoms with Crippen molar-refractivity contribution in [3.05, 3.63) is 84.0 Å². The summed E-state index contributed by atoms with van der Waals surface area (Å²) < 4.78 is 58.1. The predicted molar refractivity (Wildman–Crippen MR) is 323 cm³/mol. The molecule has 8 aliphatic carbocycles. The maximum atomic E-state index is 13.8. The minimum Gasteiger partial charge on any atom is -0.393 e. The Balaban J connectivity index is 0.000000190. The molecule has 2 aromatic carbocycles. The highest BCUT2D eigenvalue weighted by Crippen LogP contribution is 2.67. The molecule has 6 saturated carbocycles. The molecule has 9 aliphatic rings. The van der Waals surface area contributed by atoms with E-state index in [0.29, 0.717) is 82.0 Å². The van der Waals surface area contributed by atoms with E-state index in [4.69, 9.17) is 4.74 Å². The van der Waals surface area contributed by atoms with Crippen molar-refractivity contribution in [2.24, 2.45) is 81.8 Å². The van der Waals surface area contributed by atoms with E-state index < -0.39 is 42.2 Å². The van der Waals surface area contributed by atoms with Crippen LogP contribution in [0, 0.1) is 81.8 Å². The van der Waals surface area contributed by atoms with Crippen LogP contribution in [0.3, 0.4) is 0 Å². The second-order valence-electron chi connectivity index (χ2n) is 27.9. The van der Waals surface area contributed by atoms with Crippen molar-refractivity contribution in [3.63, 3.8) is 0 Å². The molecule has 8 nitrogen and oxygen atoms in total. The van der Waals surface area contributed by atoms with Gasteiger partial charge in [-0.05, 0) is 254 Å². The van der Waals surface area contributed by atoms with Crippen LogP contribution in [0.4, 0.5) is 0 Å². The molecule has 1 saturated heterocycles. The van der Waals surface area contributed by atoms with Gasteiger partial charge in [0.15, 0.2) is 19.7 Å². The number of hydrogen-bond acceptors (Lipinski definition) is 8. The van der Waals surface area contributed by atoms with Gasteiger partial charge in [-0.15, -0.1) is 0 Å². The third-order valence-corrected chi connectivity index (χ3v) is 27.9. The standard InChI is InChI=1S/C34H52O4S.C30H44O3S.C4H8O.CH4/c1-5-25(35)21-27(39(37,38)26-10-8-7-9-11-26)20-23(3)31-14-15-32-30-13-12-24-22-34(36,6-2)19-17-28(24)29(30)16-18-33(31,32)4;1-4-30(31)18-15-24-22(20-30)10-11-26-25(24)14-17-29(3)27(12-13-28(26)29)21(2)16-19-34(32,33)23-8-6-5-7-9-23;1-2-4-3-5-4;/h7-12,23,25,27-32,35-36H,5-6,13-22H2,1-4H3;5-10,21,24-28,31H,4,11-20H2,1-3H3;4H,2-3H2,1H3;1H4/t23-,25?,27?,28+,29-,30-,31-,32+,33-,34+;21-,24+,25-,26-,27-,28+,29-,30+;;/m11../s1. The average Bonchev–Trinajstić information content (AvgIpc) is 4.33. The van der Waals surface area contributed by atoms with Crippen molar-refractivity contribution < 1.29 is 36.9 Å². The van der Waals surface area contributed by atoms with E-state index in [0.717, 1.165) is 100 Å². The van der Waals surface area contributed by atoms with Crippen LogP contribution in [0.2, 0.25) is 0 Å². The molecule has 444 valence electrons. The molecule has 0 amide bonds. The number of sulfone groups is 2. The van der Waals surface area contributed by atoms with Crippen molar-refractivity contribution in [1.29, 1.82) is 0 Å². The van der Waals surface area contributed by atoms with Crippen LogP contribution in [-0.4, -0.2) is 73.2 Å². The Kier molecular flexibility index (Phi) is 20.2. The zero-order chi connectivity index (χ0) is 55.8. The van der Waals surface area contributed by atoms with Crippen LogP contribution in [0.15, 0.2) is 93.8 Å². The van der Waals surface area contributed by atoms with Crippen molar-refractivity contribution >= 4 is 19.7 Å². The predicted octanol–water partition coefficient (Wildman–Crippen LogP) is 15.6. The second-order valence-corrected chi connectivity index (χ2v) is 32.2. The average molecular weight is 1130 g/mol. The summed E-state index contributed by atoms with van der Waals surface area (Å²) in [5, 5.41) is 31.9. The van der Waals surface area contributed by atoms with Gasteiger partial charge in [0.2, 0.25) is 0 Å². The SMILES string of the molecule is C.CCC(O)CC(C[C@@H](C)[C@H]1CC[C@H]2[C@@H]3CC=C4C[C@](O)(CC)CC[C@@H]4[C@H]3CC[C@]12C)S(=O)(=O)c1ccccc1.CCC1CO1.CC[C@]1(O)CC[C@H]2C(=CC[C@@H]3[C@@H]2CC[C@]2(C)[C@@H]([C@H](C)CCS(=O)(=O)c4ccccc4)CC[C@@H]32)C1. The van der Waals surface area contributed by atoms with E-state index in [-0.39, 0.29) is 18.6 Å². The van der Waals surface area contributed by atoms with Gasteiger partial charge >= 0.3 is 0 Å². The topological polar surface area (TPSA) is 142 Å². The number of aliphatic hydroxyl groups is 3. The summed E-state index contributed by atoms with van der Waals surface area (Å²) in [5.74, 6) is 8.06. The van der Waals surface area contributed by atoms with Crippen molar-refractivity contribution in [1.82, 2.24) is 0 Å². The molecule has 0 radical (unpaired) electrons. The Morgan fingerprint density at radius 2 is 1.08 bits per heavy atom. The quantitative estimate of drug-likeness (QED) is 0.111. The number of rotatable bonds is 16. The first-order valence-electron chi connectivity index (χ1n) is 31.8. The first-order chi connectivity index (χ1) is 37.1. The minimum absolute atomic E-state index is 0. The summed E-state index contributed by atoms with van der Waals surface area (Å²) in [4.78, 5) is 0.847. The lowest BCUT2D eigenvalue weighted by Crippen LogP contribution is -2.48. The van der Waals surface area contributed by atoms with Crippen LogP contribution < -0.4 is 0 Å². The third kappa shape index (κ3) is 13.2. The van der Waals surface area contributed by atoms with E-state index in [1.54, 1.807) is 47.5 Å². The third-order valence-electron chi connectivity index (χ3n) is 24.0. The highest BCUT2D eigenvalue weighted by Gasteiger charge is 2.59. The van der Waals surface area contributed by atoms with Gasteiger partial charge in [-0.1, -0.05) is 123 Å². The lowest BCUT2D eigenvalue weighted by molar-refractivity contribution is -0.0460. The monoisotopic (exact) mass is 1130 g/mol. The summed E-state index contributed by atoms with van der Waals surface area (Å²) >= 11 is 0. The van der Waals surface area contributed by atoms with Gasteiger partial charge in [-0.2, -0.15) is 0 Å². The molecular weight excluding hydrogens is 1020 g/mol. The van der Waals surface area contributed by atoms with Crippen molar-refractivity contribution in [3.8, 4) is 0 Å². The molecule has 0 bridgehead atoms. The van der Waals surface area contributed by atoms with Crippen molar-refractivity contribution in [2.75, 3.05) is 12.4 Å². The van der Waals surface area contributed by atoms with E-state index in [2.05, 4.69) is 60.6 Å². The molecule has 0 spiro atoms. The summed E-state index contributed by atoms with van der Waals surface area (Å²) in [5.41, 5.74) is 2.76. The van der Waals surface area contributed by atoms with Gasteiger partial charge in [-0.25, -0.2) is 16.8 Å². The Hall–Kier alpha value is -2.34. The Bertz CT molecular complexity index is 2600. The molecule has 79 heavy (non-hydrogen) atoms. The number of hydrogen-bond donors (Lipinski definition) is 3. The van der Waals surface area contributed by atoms with E-state index in [9.17, 15) is 32.2 Å². The van der Waals surface area contributed by atoms with E-state index in [1.165, 1.54) is 64.2 Å². The number of allylic oxidation sites excluding steroid dienone is 2. The van der Waals surface area contributed by atoms with Gasteiger partial charge in [0.05, 0.1) is 50.8 Å². The summed E-state index contributed by atoms with van der Waals surface area (Å²) in [6.45, 7) is 19.0. The molecule has 10 heteroatoms. The fourth-order valence-corrected chi connectivity index (χ4v) is 22.5. The zero-order valence-corrected chi connectivity index (χ0v) is 51.1. The molecule has 3 unspecified atom stereocenters. The smallest absolute Gasteiger partial charge is 0.181 e. The first kappa shape index (κ1) is 62.7. The first-order valence-corrected chi connectivity index (χ1v) is 35.0. The lowest BCUT2D eigenvalue weighted by Gasteiger charge is -2.55. The molecule has 2 aromatic rings. The molecule has 1 heterocycles. The Labute approximate surface area is 481 Å². The van der Waals surface area contributed by atoms with Crippen LogP contribution in [0.1, 0.15) is 210 Å². The number of ether oxygens (including phenoxy) is 1. The van der Waals surface area contributed by atoms with Gasteiger partial charge in [0.25, 0.3) is 0 Å². The lowest BCUT2D eigenvalue weighted by atomic mass is 9.50. The molecule has 7 fully saturated rings. The van der Waals surface area contributed by atoms with E-state index >= 15 is 0 Å². The zero-order valence-electron chi connectivity index (χ0n) is 49.5. The molecule has 0 aromatic heterocycles. The highest BCUT2D eigenvalue weighted by atomic mass is 32.2. The van der Waals surface area contributed by atoms with Gasteiger partial charge in [0.1, 0.15) is 0 Å². The highest BCUT2D eigenvalue weighted by molar-refractivity contribution is 7.92. The minimum atomic E-state index is -3.51. The molecule has 3 N–H and O–H groups in total. The number of benzene rings is 2. The largest absolute Gasteiger partial charge is 0.393 e. The number of fused-ring (bicyclic) bond motifs is 10. The van der Waals surface area contributed by atoms with Crippen LogP contribution >= 0.6 is 0 Å². The summed E-state index contributed by atoms with van der Waals surface area (Å²) in [6.07, 6.45) is 28.8. The van der Waals surface area contributed by atoms with Gasteiger partial charge < -0.3 is 20.1 Å². The van der Waals surface area contributed by atoms with Crippen LogP contribution in [-0.2, 0) is 24.4 Å². The molecule has 19 atom stereocenters. The summed E-state index contributed by atoms with van der Waals surface area (Å²) in [7, 11) is -6.72. The van der Waals surface area contributed by atoms with Gasteiger partial charge in [0, 0.05) is 0 Å². The fourth-order valence-electron chi connectivity index (χ4n) is 19.1. The number of epoxide rings is 1. The fraction of sp³-hybridized carbons (Fsp3) is 0.768. The molecular formula is C69H108O8S2. The van der Waals surface area contributed by atoms with Crippen LogP contribution in [0.5, 0.6) is 0 Å². The maximum absolute atomic E-state index is 13.8. The summed E-state index contributed by atoms with van der Waals surface area (Å²) in [6, 6.07) is 17.8. The van der Waals surface area contributed by atoms with Crippen LogP contribution in [0.25, 0.3) is 0 Å². The van der Waals surface area contributed by atoms with Gasteiger partial charge in [-0.3, -0.25) is 0 Å². The molecule has 11 rings (SSSR count). The Morgan fingerprint density at radius 1 is 0.608 bits per heavy atom.